The van der Waals surface area contributed by atoms with Crippen LogP contribution in [-0.4, -0.2) is 0 Å². The minimum atomic E-state index is 0.676. The summed E-state index contributed by atoms with van der Waals surface area (Å²) in [5.74, 6) is 2.27. The first-order valence-corrected chi connectivity index (χ1v) is 12.5. The highest BCUT2D eigenvalue weighted by atomic mass is 14.2. The summed E-state index contributed by atoms with van der Waals surface area (Å²) in [7, 11) is 0. The Morgan fingerprint density at radius 1 is 0.571 bits per heavy atom. The molecule has 28 heavy (non-hydrogen) atoms. The first-order valence-electron chi connectivity index (χ1n) is 12.5. The molecule has 0 nitrogen and oxygen atoms in total. The van der Waals surface area contributed by atoms with E-state index >= 15 is 0 Å². The van der Waals surface area contributed by atoms with Crippen LogP contribution in [0, 0.1) is 11.8 Å². The quantitative estimate of drug-likeness (QED) is 0.121. The van der Waals surface area contributed by atoms with E-state index in [1.54, 1.807) is 5.92 Å². The van der Waals surface area contributed by atoms with Gasteiger partial charge in [-0.05, 0) is 37.5 Å². The number of allylic oxidation sites excluding steroid dienone is 3. The van der Waals surface area contributed by atoms with Gasteiger partial charge in [0, 0.05) is 0 Å². The molecule has 0 saturated heterocycles. The molecule has 0 N–H and O–H groups in total. The van der Waals surface area contributed by atoms with E-state index in [1.807, 2.05) is 12.2 Å². The van der Waals surface area contributed by atoms with Crippen LogP contribution in [0.1, 0.15) is 129 Å². The third-order valence-electron chi connectivity index (χ3n) is 6.00. The molecule has 0 aromatic carbocycles. The average molecular weight is 388 g/mol. The summed E-state index contributed by atoms with van der Waals surface area (Å²) in [4.78, 5) is 0. The standard InChI is InChI=1S/C28H51/c1-5-9-10-11-12-13-14-15-16-17-18-19-20-21-22-26-28(25-8-4)27(23-6-2)24-7-3/h6-8,28H,2-5,9-26H2,1H3. The fourth-order valence-electron chi connectivity index (χ4n) is 4.24. The second kappa shape index (κ2) is 22.5. The van der Waals surface area contributed by atoms with E-state index in [0.717, 1.165) is 19.3 Å². The molecule has 0 heteroatoms. The lowest BCUT2D eigenvalue weighted by atomic mass is 9.81. The molecule has 0 heterocycles. The molecule has 0 aromatic rings. The van der Waals surface area contributed by atoms with E-state index in [-0.39, 0.29) is 0 Å². The van der Waals surface area contributed by atoms with Gasteiger partial charge in [-0.3, -0.25) is 0 Å². The van der Waals surface area contributed by atoms with Gasteiger partial charge in [-0.25, -0.2) is 0 Å². The van der Waals surface area contributed by atoms with Gasteiger partial charge in [-0.15, -0.1) is 19.7 Å². The van der Waals surface area contributed by atoms with Crippen LogP contribution in [0.4, 0.5) is 0 Å². The van der Waals surface area contributed by atoms with E-state index in [1.165, 1.54) is 103 Å². The maximum atomic E-state index is 3.96. The molecule has 0 aliphatic carbocycles. The van der Waals surface area contributed by atoms with E-state index in [9.17, 15) is 0 Å². The molecule has 0 aliphatic heterocycles. The molecule has 0 aromatic heterocycles. The molecular formula is C28H51. The Balaban J connectivity index is 3.54. The van der Waals surface area contributed by atoms with Crippen molar-refractivity contribution in [2.75, 3.05) is 0 Å². The Labute approximate surface area is 179 Å². The van der Waals surface area contributed by atoms with Crippen LogP contribution in [-0.2, 0) is 0 Å². The summed E-state index contributed by atoms with van der Waals surface area (Å²) >= 11 is 0. The first kappa shape index (κ1) is 27.2. The third-order valence-corrected chi connectivity index (χ3v) is 6.00. The first-order chi connectivity index (χ1) is 13.8. The molecule has 163 valence electrons. The van der Waals surface area contributed by atoms with Gasteiger partial charge < -0.3 is 0 Å². The number of unbranched alkanes of at least 4 members (excludes halogenated alkanes) is 14. The Morgan fingerprint density at radius 3 is 1.32 bits per heavy atom. The van der Waals surface area contributed by atoms with Crippen molar-refractivity contribution < 1.29 is 0 Å². The van der Waals surface area contributed by atoms with Gasteiger partial charge in [-0.2, -0.15) is 0 Å². The second-order valence-corrected chi connectivity index (χ2v) is 8.60. The predicted molar refractivity (Wildman–Crippen MR) is 131 cm³/mol. The monoisotopic (exact) mass is 387 g/mol. The smallest absolute Gasteiger partial charge is 0.0132 e. The highest BCUT2D eigenvalue weighted by Gasteiger charge is 2.18. The summed E-state index contributed by atoms with van der Waals surface area (Å²) in [5.41, 5.74) is 0. The Kier molecular flexibility index (Phi) is 21.9. The van der Waals surface area contributed by atoms with Crippen LogP contribution in [0.2, 0.25) is 0 Å². The number of hydrogen-bond donors (Lipinski definition) is 0. The number of hydrogen-bond acceptors (Lipinski definition) is 0. The van der Waals surface area contributed by atoms with Gasteiger partial charge in [0.2, 0.25) is 0 Å². The summed E-state index contributed by atoms with van der Waals surface area (Å²) in [6.07, 6.45) is 32.1. The summed E-state index contributed by atoms with van der Waals surface area (Å²) in [6, 6.07) is 0. The van der Waals surface area contributed by atoms with Gasteiger partial charge in [0.1, 0.15) is 0 Å². The van der Waals surface area contributed by atoms with Crippen LogP contribution in [0.5, 0.6) is 0 Å². The van der Waals surface area contributed by atoms with Crippen molar-refractivity contribution >= 4 is 0 Å². The minimum absolute atomic E-state index is 0.676. The zero-order valence-electron chi connectivity index (χ0n) is 19.4. The van der Waals surface area contributed by atoms with Crippen LogP contribution < -0.4 is 0 Å². The Hall–Kier alpha value is -0.780. The topological polar surface area (TPSA) is 0 Å². The van der Waals surface area contributed by atoms with Crippen molar-refractivity contribution in [2.45, 2.75) is 129 Å². The maximum absolute atomic E-state index is 3.96. The highest BCUT2D eigenvalue weighted by Crippen LogP contribution is 2.31. The molecule has 0 amide bonds. The molecule has 0 spiro atoms. The summed E-state index contributed by atoms with van der Waals surface area (Å²) < 4.78 is 0. The van der Waals surface area contributed by atoms with Crippen molar-refractivity contribution in [3.8, 4) is 0 Å². The van der Waals surface area contributed by atoms with Gasteiger partial charge in [-0.1, -0.05) is 121 Å². The highest BCUT2D eigenvalue weighted by molar-refractivity contribution is 5.06. The maximum Gasteiger partial charge on any atom is -0.0132 e. The largest absolute Gasteiger partial charge is 0.103 e. The lowest BCUT2D eigenvalue weighted by Crippen LogP contribution is -2.11. The molecule has 0 aliphatic rings. The van der Waals surface area contributed by atoms with Crippen molar-refractivity contribution in [1.82, 2.24) is 0 Å². The van der Waals surface area contributed by atoms with Gasteiger partial charge >= 0.3 is 0 Å². The third kappa shape index (κ3) is 17.3. The van der Waals surface area contributed by atoms with Crippen LogP contribution in [0.3, 0.4) is 0 Å². The molecule has 0 bridgehead atoms. The van der Waals surface area contributed by atoms with Crippen molar-refractivity contribution in [2.24, 2.45) is 5.92 Å². The van der Waals surface area contributed by atoms with E-state index < -0.39 is 0 Å². The summed E-state index contributed by atoms with van der Waals surface area (Å²) in [5, 5.41) is 0. The fraction of sp³-hybridized carbons (Fsp3) is 0.750. The average Bonchev–Trinajstić information content (AvgIpc) is 2.70. The normalized spacial score (nSPS) is 12.2. The van der Waals surface area contributed by atoms with Crippen LogP contribution >= 0.6 is 0 Å². The Bertz CT molecular complexity index is 330. The van der Waals surface area contributed by atoms with E-state index in [2.05, 4.69) is 32.7 Å². The zero-order chi connectivity index (χ0) is 20.7. The van der Waals surface area contributed by atoms with Gasteiger partial charge in [0.25, 0.3) is 0 Å². The molecular weight excluding hydrogens is 336 g/mol. The van der Waals surface area contributed by atoms with Crippen molar-refractivity contribution in [1.29, 1.82) is 0 Å². The molecule has 0 rings (SSSR count). The van der Waals surface area contributed by atoms with Gasteiger partial charge in [0.05, 0.1) is 0 Å². The van der Waals surface area contributed by atoms with E-state index in [4.69, 9.17) is 0 Å². The van der Waals surface area contributed by atoms with Gasteiger partial charge in [0.15, 0.2) is 0 Å². The molecule has 0 fully saturated rings. The minimum Gasteiger partial charge on any atom is -0.103 e. The lowest BCUT2D eigenvalue weighted by Gasteiger charge is -2.24. The van der Waals surface area contributed by atoms with Crippen LogP contribution in [0.15, 0.2) is 38.0 Å². The SMILES string of the molecule is C=CC[C](CC=C)C(CC=C)CCCCCCCCCCCCCCCCC. The molecule has 1 atom stereocenters. The zero-order valence-corrected chi connectivity index (χ0v) is 19.4. The fourth-order valence-corrected chi connectivity index (χ4v) is 4.24. The predicted octanol–water partition coefficient (Wildman–Crippen LogP) is 10.2. The second-order valence-electron chi connectivity index (χ2n) is 8.60. The molecule has 1 radical (unpaired) electrons. The van der Waals surface area contributed by atoms with Crippen molar-refractivity contribution in [3.63, 3.8) is 0 Å². The molecule has 1 unspecified atom stereocenters. The number of rotatable bonds is 23. The van der Waals surface area contributed by atoms with E-state index in [0.29, 0.717) is 5.92 Å². The Morgan fingerprint density at radius 2 is 0.964 bits per heavy atom. The molecule has 0 saturated carbocycles. The lowest BCUT2D eigenvalue weighted by molar-refractivity contribution is 0.448. The summed E-state index contributed by atoms with van der Waals surface area (Å²) in [6.45, 7) is 14.1. The van der Waals surface area contributed by atoms with Crippen molar-refractivity contribution in [3.05, 3.63) is 43.9 Å². The van der Waals surface area contributed by atoms with Crippen LogP contribution in [0.25, 0.3) is 0 Å².